The van der Waals surface area contributed by atoms with Crippen LogP contribution in [-0.2, 0) is 5.41 Å². The zero-order chi connectivity index (χ0) is 25.1. The van der Waals surface area contributed by atoms with E-state index >= 15 is 0 Å². The molecular weight excluding hydrogens is 486 g/mol. The highest BCUT2D eigenvalue weighted by molar-refractivity contribution is 6.33. The first-order valence-corrected chi connectivity index (χ1v) is 13.4. The number of hydrogen-bond donors (Lipinski definition) is 1. The van der Waals surface area contributed by atoms with Gasteiger partial charge in [-0.3, -0.25) is 4.79 Å². The molecule has 0 aliphatic heterocycles. The smallest absolute Gasteiger partial charge is 0.261 e. The fraction of sp³-hybridized carbons (Fsp3) is 0.379. The number of carbonyl (C=O) groups is 1. The van der Waals surface area contributed by atoms with Crippen LogP contribution in [0.25, 0.3) is 16.9 Å². The van der Waals surface area contributed by atoms with E-state index < -0.39 is 0 Å². The van der Waals surface area contributed by atoms with Gasteiger partial charge in [-0.05, 0) is 93.5 Å². The second-order valence-electron chi connectivity index (χ2n) is 11.2. The summed E-state index contributed by atoms with van der Waals surface area (Å²) in [6.07, 6.45) is 9.95. The normalized spacial score (nSPS) is 25.9. The van der Waals surface area contributed by atoms with Gasteiger partial charge in [-0.1, -0.05) is 40.2 Å². The molecule has 188 valence electrons. The molecular formula is C29H28ClN5O2. The van der Waals surface area contributed by atoms with Crippen molar-refractivity contribution in [3.63, 3.8) is 0 Å². The molecule has 7 nitrogen and oxygen atoms in total. The van der Waals surface area contributed by atoms with Crippen LogP contribution in [0.5, 0.6) is 0 Å². The topological polar surface area (TPSA) is 85.8 Å². The van der Waals surface area contributed by atoms with E-state index in [1.807, 2.05) is 53.3 Å². The third-order valence-corrected chi connectivity index (χ3v) is 9.05. The predicted molar refractivity (Wildman–Crippen MR) is 141 cm³/mol. The van der Waals surface area contributed by atoms with Crippen molar-refractivity contribution in [2.75, 3.05) is 5.32 Å². The molecule has 4 aromatic rings. The fourth-order valence-corrected chi connectivity index (χ4v) is 7.79. The van der Waals surface area contributed by atoms with Crippen LogP contribution in [0.2, 0.25) is 5.02 Å². The Labute approximate surface area is 220 Å². The van der Waals surface area contributed by atoms with Gasteiger partial charge in [0.15, 0.2) is 0 Å². The SMILES string of the molecule is Cc1onc(-c2ccccc2Cl)c1C(=O)Nc1ccc(-n2nncc2C23CC4CC(CC(C4)C2)C3)cc1. The van der Waals surface area contributed by atoms with Gasteiger partial charge in [0.05, 0.1) is 22.6 Å². The molecule has 1 N–H and O–H groups in total. The zero-order valence-electron chi connectivity index (χ0n) is 20.7. The average molecular weight is 514 g/mol. The first-order chi connectivity index (χ1) is 18.0. The van der Waals surface area contributed by atoms with Crippen molar-refractivity contribution in [1.82, 2.24) is 20.2 Å². The molecule has 2 aromatic heterocycles. The van der Waals surface area contributed by atoms with Crippen LogP contribution in [0.4, 0.5) is 5.69 Å². The Balaban J connectivity index is 1.14. The van der Waals surface area contributed by atoms with Crippen LogP contribution >= 0.6 is 11.6 Å². The third-order valence-electron chi connectivity index (χ3n) is 8.72. The van der Waals surface area contributed by atoms with Crippen molar-refractivity contribution in [1.29, 1.82) is 0 Å². The number of halogens is 1. The number of benzene rings is 2. The first-order valence-electron chi connectivity index (χ1n) is 13.0. The monoisotopic (exact) mass is 513 g/mol. The number of amides is 1. The van der Waals surface area contributed by atoms with Crippen molar-refractivity contribution < 1.29 is 9.32 Å². The maximum Gasteiger partial charge on any atom is 0.261 e. The largest absolute Gasteiger partial charge is 0.360 e. The number of anilines is 1. The lowest BCUT2D eigenvalue weighted by molar-refractivity contribution is -0.00828. The van der Waals surface area contributed by atoms with Gasteiger partial charge < -0.3 is 9.84 Å². The van der Waals surface area contributed by atoms with Crippen molar-refractivity contribution in [2.24, 2.45) is 17.8 Å². The molecule has 8 rings (SSSR count). The van der Waals surface area contributed by atoms with Crippen molar-refractivity contribution in [3.8, 4) is 16.9 Å². The Kier molecular flexibility index (Phi) is 5.25. The van der Waals surface area contributed by atoms with E-state index in [1.54, 1.807) is 13.0 Å². The minimum Gasteiger partial charge on any atom is -0.360 e. The standard InChI is InChI=1S/C29H28ClN5O2/c1-17-26(27(33-37-17)23-4-2-3-5-24(23)30)28(36)32-21-6-8-22(9-7-21)35-25(16-31-34-35)29-13-18-10-19(14-29)12-20(11-18)15-29/h2-9,16,18-20H,10-15H2,1H3,(H,32,36). The van der Waals surface area contributed by atoms with E-state index in [-0.39, 0.29) is 11.3 Å². The molecule has 0 atom stereocenters. The minimum absolute atomic E-state index is 0.200. The van der Waals surface area contributed by atoms with Crippen LogP contribution in [0, 0.1) is 24.7 Å². The minimum atomic E-state index is -0.295. The van der Waals surface area contributed by atoms with Crippen molar-refractivity contribution >= 4 is 23.2 Å². The van der Waals surface area contributed by atoms with E-state index in [4.69, 9.17) is 16.1 Å². The lowest BCUT2D eigenvalue weighted by Gasteiger charge is -2.56. The number of rotatable bonds is 5. The molecule has 37 heavy (non-hydrogen) atoms. The molecule has 8 heteroatoms. The highest BCUT2D eigenvalue weighted by Crippen LogP contribution is 2.60. The molecule has 2 heterocycles. The van der Waals surface area contributed by atoms with Crippen molar-refractivity contribution in [2.45, 2.75) is 50.9 Å². The first kappa shape index (κ1) is 22.7. The van der Waals surface area contributed by atoms with Crippen LogP contribution in [0.15, 0.2) is 59.3 Å². The maximum atomic E-state index is 13.2. The second kappa shape index (κ2) is 8.55. The maximum absolute atomic E-state index is 13.2. The molecule has 0 unspecified atom stereocenters. The molecule has 4 aliphatic rings. The summed E-state index contributed by atoms with van der Waals surface area (Å²) < 4.78 is 7.37. The fourth-order valence-electron chi connectivity index (χ4n) is 7.57. The quantitative estimate of drug-likeness (QED) is 0.324. The average Bonchev–Trinajstić information content (AvgIpc) is 3.52. The van der Waals surface area contributed by atoms with Crippen molar-refractivity contribution in [3.05, 3.63) is 76.8 Å². The van der Waals surface area contributed by atoms with Gasteiger partial charge in [0.2, 0.25) is 0 Å². The Morgan fingerprint density at radius 2 is 1.70 bits per heavy atom. The highest BCUT2D eigenvalue weighted by atomic mass is 35.5. The molecule has 1 amide bonds. The number of aromatic nitrogens is 4. The Bertz CT molecular complexity index is 1450. The summed E-state index contributed by atoms with van der Waals surface area (Å²) in [4.78, 5) is 13.2. The second-order valence-corrected chi connectivity index (χ2v) is 11.6. The summed E-state index contributed by atoms with van der Waals surface area (Å²) in [7, 11) is 0. The summed E-state index contributed by atoms with van der Waals surface area (Å²) in [5.41, 5.74) is 4.54. The summed E-state index contributed by atoms with van der Waals surface area (Å²) in [6.45, 7) is 1.72. The molecule has 4 bridgehead atoms. The third kappa shape index (κ3) is 3.79. The van der Waals surface area contributed by atoms with E-state index in [9.17, 15) is 4.79 Å². The Morgan fingerprint density at radius 1 is 1.03 bits per heavy atom. The van der Waals surface area contributed by atoms with Gasteiger partial charge in [0.25, 0.3) is 5.91 Å². The zero-order valence-corrected chi connectivity index (χ0v) is 21.4. The van der Waals surface area contributed by atoms with Crippen LogP contribution < -0.4 is 5.32 Å². The van der Waals surface area contributed by atoms with Gasteiger partial charge in [0, 0.05) is 16.7 Å². The van der Waals surface area contributed by atoms with Crippen LogP contribution in [0.1, 0.15) is 60.3 Å². The Hall–Kier alpha value is -3.45. The van der Waals surface area contributed by atoms with Crippen LogP contribution in [0.3, 0.4) is 0 Å². The number of nitrogens with zero attached hydrogens (tertiary/aromatic N) is 4. The molecule has 4 aliphatic carbocycles. The molecule has 4 saturated carbocycles. The summed E-state index contributed by atoms with van der Waals surface area (Å²) >= 11 is 6.36. The van der Waals surface area contributed by atoms with Crippen LogP contribution in [-0.4, -0.2) is 26.1 Å². The van der Waals surface area contributed by atoms with E-state index in [2.05, 4.69) is 20.8 Å². The molecule has 2 aromatic carbocycles. The predicted octanol–water partition coefficient (Wildman–Crippen LogP) is 6.60. The number of aryl methyl sites for hydroxylation is 1. The number of carbonyl (C=O) groups excluding carboxylic acids is 1. The summed E-state index contributed by atoms with van der Waals surface area (Å²) in [6, 6.07) is 15.1. The highest BCUT2D eigenvalue weighted by Gasteiger charge is 2.53. The van der Waals surface area contributed by atoms with E-state index in [0.717, 1.165) is 23.4 Å². The molecule has 0 radical (unpaired) electrons. The molecule has 0 spiro atoms. The molecule has 4 fully saturated rings. The van der Waals surface area contributed by atoms with Gasteiger partial charge in [-0.2, -0.15) is 0 Å². The van der Waals surface area contributed by atoms with Gasteiger partial charge in [-0.15, -0.1) is 5.10 Å². The number of nitrogens with one attached hydrogen (secondary N) is 1. The number of hydrogen-bond acceptors (Lipinski definition) is 5. The summed E-state index contributed by atoms with van der Waals surface area (Å²) in [5, 5.41) is 16.4. The Morgan fingerprint density at radius 3 is 2.38 bits per heavy atom. The lowest BCUT2D eigenvalue weighted by atomic mass is 9.49. The van der Waals surface area contributed by atoms with Gasteiger partial charge in [0.1, 0.15) is 17.0 Å². The van der Waals surface area contributed by atoms with E-state index in [0.29, 0.717) is 33.3 Å². The lowest BCUT2D eigenvalue weighted by Crippen LogP contribution is -2.49. The van der Waals surface area contributed by atoms with Gasteiger partial charge in [-0.25, -0.2) is 4.68 Å². The summed E-state index contributed by atoms with van der Waals surface area (Å²) in [5.74, 6) is 2.69. The van der Waals surface area contributed by atoms with E-state index in [1.165, 1.54) is 44.2 Å². The van der Waals surface area contributed by atoms with Gasteiger partial charge >= 0.3 is 0 Å². The molecule has 0 saturated heterocycles.